The first kappa shape index (κ1) is 28.7. The van der Waals surface area contributed by atoms with E-state index < -0.39 is 8.07 Å². The molecule has 0 saturated carbocycles. The minimum absolute atomic E-state index is 0.138. The van der Waals surface area contributed by atoms with Crippen molar-refractivity contribution in [2.24, 2.45) is 0 Å². The molecule has 42 heavy (non-hydrogen) atoms. The van der Waals surface area contributed by atoms with E-state index in [9.17, 15) is 0 Å². The Bertz CT molecular complexity index is 1610. The minimum atomic E-state index is -1.86. The lowest BCUT2D eigenvalue weighted by atomic mass is 9.85. The van der Waals surface area contributed by atoms with Crippen molar-refractivity contribution in [1.29, 1.82) is 0 Å². The predicted octanol–water partition coefficient (Wildman–Crippen LogP) is 11.4. The normalized spacial score (nSPS) is 14.9. The summed E-state index contributed by atoms with van der Waals surface area (Å²) < 4.78 is 0. The number of rotatable bonds is 5. The molecule has 6 rings (SSSR count). The van der Waals surface area contributed by atoms with Crippen LogP contribution in [-0.2, 0) is 23.7 Å². The highest BCUT2D eigenvalue weighted by atomic mass is 28.3. The summed E-state index contributed by atoms with van der Waals surface area (Å²) in [6.45, 7) is 18.9. The van der Waals surface area contributed by atoms with Crippen molar-refractivity contribution in [1.82, 2.24) is 0 Å². The molecule has 2 aliphatic carbocycles. The third-order valence-electron chi connectivity index (χ3n) is 10.00. The van der Waals surface area contributed by atoms with E-state index in [0.29, 0.717) is 0 Å². The summed E-state index contributed by atoms with van der Waals surface area (Å²) >= 11 is 0. The maximum Gasteiger partial charge on any atom is 0.106 e. The molecular weight excluding hydrogens is 521 g/mol. The van der Waals surface area contributed by atoms with E-state index in [4.69, 9.17) is 0 Å². The van der Waals surface area contributed by atoms with Crippen LogP contribution in [-0.4, -0.2) is 8.07 Å². The van der Waals surface area contributed by atoms with Gasteiger partial charge in [0.2, 0.25) is 0 Å². The van der Waals surface area contributed by atoms with E-state index in [1.54, 1.807) is 10.4 Å². The van der Waals surface area contributed by atoms with Gasteiger partial charge in [0.1, 0.15) is 8.07 Å². The van der Waals surface area contributed by atoms with Crippen LogP contribution in [0.1, 0.15) is 81.8 Å². The molecule has 0 heterocycles. The van der Waals surface area contributed by atoms with Gasteiger partial charge in [-0.15, -0.1) is 0 Å². The molecule has 1 heteroatoms. The summed E-state index contributed by atoms with van der Waals surface area (Å²) in [6, 6.07) is 33.5. The molecule has 0 N–H and O–H groups in total. The molecule has 0 bridgehead atoms. The number of allylic oxidation sites excluding steroid dienone is 2. The van der Waals surface area contributed by atoms with E-state index in [-0.39, 0.29) is 10.8 Å². The molecule has 0 saturated heterocycles. The standard InChI is InChI=1S/C41H46Si/c1-9-42(8,34-24-30-16-12-20-36(38(30)26-34)28-14-10-18-32(22-28)40(2,3)4)35-25-31-17-13-21-37(39(31)27-35)29-15-11-19-33(23-29)41(5,6)7/h10-23,26-27H,9,24-25H2,1-8H3. The number of fused-ring (bicyclic) bond motifs is 2. The molecule has 214 valence electrons. The maximum atomic E-state index is 2.63. The molecule has 0 atom stereocenters. The Hall–Kier alpha value is -3.42. The Morgan fingerprint density at radius 2 is 0.976 bits per heavy atom. The molecule has 0 aromatic heterocycles. The quantitative estimate of drug-likeness (QED) is 0.211. The van der Waals surface area contributed by atoms with Gasteiger partial charge in [-0.1, -0.05) is 169 Å². The Labute approximate surface area is 255 Å². The second kappa shape index (κ2) is 10.4. The number of hydrogen-bond acceptors (Lipinski definition) is 0. The molecular formula is C41H46Si. The summed E-state index contributed by atoms with van der Waals surface area (Å²) in [4.78, 5) is 0. The van der Waals surface area contributed by atoms with E-state index in [1.807, 2.05) is 0 Å². The van der Waals surface area contributed by atoms with Crippen LogP contribution < -0.4 is 0 Å². The van der Waals surface area contributed by atoms with Gasteiger partial charge in [-0.05, 0) is 79.3 Å². The van der Waals surface area contributed by atoms with Gasteiger partial charge < -0.3 is 0 Å². The minimum Gasteiger partial charge on any atom is -0.0712 e. The lowest BCUT2D eigenvalue weighted by Crippen LogP contribution is -2.35. The molecule has 4 aromatic carbocycles. The lowest BCUT2D eigenvalue weighted by Gasteiger charge is -2.30. The highest BCUT2D eigenvalue weighted by molar-refractivity contribution is 6.93. The van der Waals surface area contributed by atoms with Gasteiger partial charge in [0.15, 0.2) is 0 Å². The van der Waals surface area contributed by atoms with Crippen molar-refractivity contribution in [2.75, 3.05) is 0 Å². The average Bonchev–Trinajstić information content (AvgIpc) is 3.61. The molecule has 4 aromatic rings. The van der Waals surface area contributed by atoms with Gasteiger partial charge in [0, 0.05) is 0 Å². The fourth-order valence-electron chi connectivity index (χ4n) is 6.92. The van der Waals surface area contributed by atoms with Crippen LogP contribution in [0.5, 0.6) is 0 Å². The molecule has 0 fully saturated rings. The highest BCUT2D eigenvalue weighted by Crippen LogP contribution is 2.45. The third kappa shape index (κ3) is 5.07. The number of hydrogen-bond donors (Lipinski definition) is 0. The SMILES string of the molecule is CC[Si](C)(C1=Cc2c(cccc2-c2cccc(C(C)(C)C)c2)C1)C1=Cc2c(cccc2-c2cccc(C(C)(C)C)c2)C1. The molecule has 0 unspecified atom stereocenters. The zero-order valence-corrected chi connectivity index (χ0v) is 27.9. The monoisotopic (exact) mass is 566 g/mol. The van der Waals surface area contributed by atoms with Gasteiger partial charge in [0.05, 0.1) is 0 Å². The van der Waals surface area contributed by atoms with E-state index in [1.165, 1.54) is 61.7 Å². The fourth-order valence-corrected chi connectivity index (χ4v) is 10.3. The lowest BCUT2D eigenvalue weighted by molar-refractivity contribution is 0.590. The van der Waals surface area contributed by atoms with Crippen LogP contribution in [0.15, 0.2) is 95.3 Å². The van der Waals surface area contributed by atoms with Gasteiger partial charge in [-0.3, -0.25) is 0 Å². The summed E-state index contributed by atoms with van der Waals surface area (Å²) in [6.07, 6.45) is 7.38. The van der Waals surface area contributed by atoms with Gasteiger partial charge in [-0.2, -0.15) is 0 Å². The molecule has 0 amide bonds. The van der Waals surface area contributed by atoms with Crippen molar-refractivity contribution in [3.63, 3.8) is 0 Å². The smallest absolute Gasteiger partial charge is 0.0712 e. The van der Waals surface area contributed by atoms with Crippen LogP contribution in [0.4, 0.5) is 0 Å². The molecule has 0 spiro atoms. The molecule has 2 aliphatic rings. The van der Waals surface area contributed by atoms with Crippen molar-refractivity contribution >= 4 is 20.2 Å². The summed E-state index contributed by atoms with van der Waals surface area (Å²) in [5, 5.41) is 3.38. The first-order chi connectivity index (χ1) is 19.9. The van der Waals surface area contributed by atoms with Crippen LogP contribution >= 0.6 is 0 Å². The van der Waals surface area contributed by atoms with Crippen LogP contribution in [0, 0.1) is 0 Å². The van der Waals surface area contributed by atoms with Crippen LogP contribution in [0.2, 0.25) is 12.6 Å². The van der Waals surface area contributed by atoms with E-state index in [2.05, 4.69) is 152 Å². The zero-order chi connectivity index (χ0) is 29.9. The van der Waals surface area contributed by atoms with Crippen molar-refractivity contribution < 1.29 is 0 Å². The molecule has 0 radical (unpaired) electrons. The Morgan fingerprint density at radius 1 is 0.571 bits per heavy atom. The molecule has 0 aliphatic heterocycles. The summed E-state index contributed by atoms with van der Waals surface area (Å²) in [5.74, 6) is 0. The zero-order valence-electron chi connectivity index (χ0n) is 26.9. The molecule has 0 nitrogen and oxygen atoms in total. The van der Waals surface area contributed by atoms with Gasteiger partial charge in [0.25, 0.3) is 0 Å². The largest absolute Gasteiger partial charge is 0.106 e. The topological polar surface area (TPSA) is 0 Å². The van der Waals surface area contributed by atoms with Crippen LogP contribution in [0.25, 0.3) is 34.4 Å². The Kier molecular flexibility index (Phi) is 7.09. The Morgan fingerprint density at radius 3 is 1.36 bits per heavy atom. The van der Waals surface area contributed by atoms with Crippen LogP contribution in [0.3, 0.4) is 0 Å². The highest BCUT2D eigenvalue weighted by Gasteiger charge is 2.38. The second-order valence-corrected chi connectivity index (χ2v) is 19.5. The second-order valence-electron chi connectivity index (χ2n) is 14.8. The van der Waals surface area contributed by atoms with E-state index >= 15 is 0 Å². The number of benzene rings is 4. The maximum absolute atomic E-state index is 2.63. The predicted molar refractivity (Wildman–Crippen MR) is 187 cm³/mol. The average molecular weight is 567 g/mol. The van der Waals surface area contributed by atoms with Gasteiger partial charge in [-0.25, -0.2) is 0 Å². The van der Waals surface area contributed by atoms with Gasteiger partial charge >= 0.3 is 0 Å². The van der Waals surface area contributed by atoms with Crippen molar-refractivity contribution in [2.45, 2.75) is 84.7 Å². The fraction of sp³-hybridized carbons (Fsp3) is 0.317. The third-order valence-corrected chi connectivity index (χ3v) is 14.9. The van der Waals surface area contributed by atoms with E-state index in [0.717, 1.165) is 12.8 Å². The summed E-state index contributed by atoms with van der Waals surface area (Å²) in [5.41, 5.74) is 14.4. The Balaban J connectivity index is 1.39. The first-order valence-corrected chi connectivity index (χ1v) is 18.5. The first-order valence-electron chi connectivity index (χ1n) is 15.8. The summed E-state index contributed by atoms with van der Waals surface area (Å²) in [7, 11) is -1.86. The van der Waals surface area contributed by atoms with Crippen molar-refractivity contribution in [3.8, 4) is 22.3 Å². The van der Waals surface area contributed by atoms with Crippen molar-refractivity contribution in [3.05, 3.63) is 129 Å².